The highest BCUT2D eigenvalue weighted by Gasteiger charge is 2.21. The van der Waals surface area contributed by atoms with Crippen LogP contribution in [0, 0.1) is 0 Å². The van der Waals surface area contributed by atoms with Crippen molar-refractivity contribution in [2.45, 2.75) is 12.5 Å². The molecule has 0 heterocycles. The van der Waals surface area contributed by atoms with E-state index >= 15 is 0 Å². The molecule has 2 rings (SSSR count). The Bertz CT molecular complexity index is 674. The maximum atomic E-state index is 12.3. The highest BCUT2D eigenvalue weighted by atomic mass is 32.1. The van der Waals surface area contributed by atoms with Crippen molar-refractivity contribution in [2.24, 2.45) is 0 Å². The Hall–Kier alpha value is -2.66. The Morgan fingerprint density at radius 1 is 1.12 bits per heavy atom. The van der Waals surface area contributed by atoms with Gasteiger partial charge in [-0.1, -0.05) is 61.2 Å². The minimum atomic E-state index is -0.573. The average molecular weight is 340 g/mol. The summed E-state index contributed by atoms with van der Waals surface area (Å²) in [6, 6.07) is 18.7. The first-order valence-corrected chi connectivity index (χ1v) is 8.04. The number of para-hydroxylation sites is 1. The van der Waals surface area contributed by atoms with Gasteiger partial charge in [-0.25, -0.2) is 4.79 Å². The van der Waals surface area contributed by atoms with Crippen LogP contribution in [-0.4, -0.2) is 23.7 Å². The summed E-state index contributed by atoms with van der Waals surface area (Å²) in [5.74, 6) is -0.365. The first-order chi connectivity index (χ1) is 11.7. The van der Waals surface area contributed by atoms with E-state index in [2.05, 4.69) is 17.2 Å². The van der Waals surface area contributed by atoms with Gasteiger partial charge in [0.05, 0.1) is 0 Å². The number of esters is 1. The number of anilines is 1. The van der Waals surface area contributed by atoms with Gasteiger partial charge in [0.15, 0.2) is 5.11 Å². The third-order valence-corrected chi connectivity index (χ3v) is 3.47. The van der Waals surface area contributed by atoms with Gasteiger partial charge in [-0.3, -0.25) is 0 Å². The molecule has 0 aliphatic carbocycles. The molecule has 0 bridgehead atoms. The van der Waals surface area contributed by atoms with Crippen LogP contribution in [-0.2, 0) is 16.0 Å². The fraction of sp³-hybridized carbons (Fsp3) is 0.158. The monoisotopic (exact) mass is 340 g/mol. The van der Waals surface area contributed by atoms with Crippen LogP contribution in [0.1, 0.15) is 5.56 Å². The fourth-order valence-corrected chi connectivity index (χ4v) is 2.39. The van der Waals surface area contributed by atoms with E-state index in [1.54, 1.807) is 0 Å². The summed E-state index contributed by atoms with van der Waals surface area (Å²) in [4.78, 5) is 12.3. The number of ether oxygens (including phenoxy) is 1. The van der Waals surface area contributed by atoms with Crippen molar-refractivity contribution in [3.05, 3.63) is 78.9 Å². The van der Waals surface area contributed by atoms with Crippen LogP contribution in [0.4, 0.5) is 5.69 Å². The molecule has 2 N–H and O–H groups in total. The van der Waals surface area contributed by atoms with E-state index in [0.717, 1.165) is 11.3 Å². The largest absolute Gasteiger partial charge is 0.460 e. The summed E-state index contributed by atoms with van der Waals surface area (Å²) in [5, 5.41) is 6.47. The molecule has 2 aromatic rings. The van der Waals surface area contributed by atoms with Crippen molar-refractivity contribution in [3.63, 3.8) is 0 Å². The molecule has 0 aliphatic rings. The van der Waals surface area contributed by atoms with E-state index in [-0.39, 0.29) is 12.6 Å². The van der Waals surface area contributed by atoms with Gasteiger partial charge < -0.3 is 15.4 Å². The van der Waals surface area contributed by atoms with Crippen LogP contribution >= 0.6 is 12.2 Å². The fourth-order valence-electron chi connectivity index (χ4n) is 2.13. The van der Waals surface area contributed by atoms with E-state index in [4.69, 9.17) is 17.0 Å². The van der Waals surface area contributed by atoms with Gasteiger partial charge in [0, 0.05) is 12.1 Å². The predicted molar refractivity (Wildman–Crippen MR) is 101 cm³/mol. The Balaban J connectivity index is 2.02. The molecule has 0 spiro atoms. The number of carbonyl (C=O) groups is 1. The Kier molecular flexibility index (Phi) is 6.98. The molecule has 4 nitrogen and oxygen atoms in total. The smallest absolute Gasteiger partial charge is 0.329 e. The Morgan fingerprint density at radius 2 is 1.75 bits per heavy atom. The summed E-state index contributed by atoms with van der Waals surface area (Å²) in [5.41, 5.74) is 1.88. The Labute approximate surface area is 147 Å². The maximum Gasteiger partial charge on any atom is 0.329 e. The molecule has 0 aliphatic heterocycles. The van der Waals surface area contributed by atoms with E-state index in [1.165, 1.54) is 6.08 Å². The van der Waals surface area contributed by atoms with Gasteiger partial charge in [-0.2, -0.15) is 0 Å². The zero-order valence-corrected chi connectivity index (χ0v) is 14.1. The molecule has 1 unspecified atom stereocenters. The maximum absolute atomic E-state index is 12.3. The van der Waals surface area contributed by atoms with E-state index in [1.807, 2.05) is 60.7 Å². The van der Waals surface area contributed by atoms with Gasteiger partial charge in [0.1, 0.15) is 12.6 Å². The van der Waals surface area contributed by atoms with Crippen molar-refractivity contribution in [3.8, 4) is 0 Å². The summed E-state index contributed by atoms with van der Waals surface area (Å²) in [6.07, 6.45) is 2.02. The lowest BCUT2D eigenvalue weighted by Gasteiger charge is -2.19. The van der Waals surface area contributed by atoms with E-state index < -0.39 is 6.04 Å². The molecule has 124 valence electrons. The van der Waals surface area contributed by atoms with Crippen LogP contribution in [0.15, 0.2) is 73.3 Å². The third-order valence-electron chi connectivity index (χ3n) is 3.25. The highest BCUT2D eigenvalue weighted by molar-refractivity contribution is 7.80. The molecule has 24 heavy (non-hydrogen) atoms. The number of nitrogens with one attached hydrogen (secondary N) is 2. The van der Waals surface area contributed by atoms with Gasteiger partial charge in [-0.15, -0.1) is 0 Å². The lowest BCUT2D eigenvalue weighted by Crippen LogP contribution is -2.45. The van der Waals surface area contributed by atoms with Crippen molar-refractivity contribution < 1.29 is 9.53 Å². The number of carbonyl (C=O) groups excluding carboxylic acids is 1. The zero-order valence-electron chi connectivity index (χ0n) is 13.3. The molecule has 0 saturated heterocycles. The molecular formula is C19H20N2O2S. The van der Waals surface area contributed by atoms with E-state index in [9.17, 15) is 4.79 Å². The molecule has 0 amide bonds. The molecule has 0 fully saturated rings. The molecule has 0 saturated carbocycles. The lowest BCUT2D eigenvalue weighted by molar-refractivity contribution is -0.144. The second kappa shape index (κ2) is 9.47. The number of benzene rings is 2. The zero-order chi connectivity index (χ0) is 17.2. The van der Waals surface area contributed by atoms with Crippen LogP contribution in [0.3, 0.4) is 0 Å². The molecule has 0 aromatic heterocycles. The van der Waals surface area contributed by atoms with Crippen LogP contribution in [0.5, 0.6) is 0 Å². The highest BCUT2D eigenvalue weighted by Crippen LogP contribution is 2.07. The van der Waals surface area contributed by atoms with Crippen LogP contribution < -0.4 is 10.6 Å². The molecular weight excluding hydrogens is 320 g/mol. The topological polar surface area (TPSA) is 50.4 Å². The minimum absolute atomic E-state index is 0.171. The Morgan fingerprint density at radius 3 is 2.38 bits per heavy atom. The standard InChI is InChI=1S/C19H20N2O2S/c1-2-13-23-18(22)17(14-15-9-5-3-6-10-15)21-19(24)20-16-11-7-4-8-12-16/h2-12,17H,1,13-14H2,(H2,20,21,24). The predicted octanol–water partition coefficient (Wildman–Crippen LogP) is 3.31. The normalized spacial score (nSPS) is 11.2. The quantitative estimate of drug-likeness (QED) is 0.460. The molecule has 2 aromatic carbocycles. The summed E-state index contributed by atoms with van der Waals surface area (Å²) >= 11 is 5.31. The summed E-state index contributed by atoms with van der Waals surface area (Å²) in [7, 11) is 0. The van der Waals surface area contributed by atoms with E-state index in [0.29, 0.717) is 11.5 Å². The summed E-state index contributed by atoms with van der Waals surface area (Å²) in [6.45, 7) is 3.73. The second-order valence-corrected chi connectivity index (χ2v) is 5.53. The first-order valence-electron chi connectivity index (χ1n) is 7.63. The third kappa shape index (κ3) is 5.85. The number of hydrogen-bond donors (Lipinski definition) is 2. The van der Waals surface area contributed by atoms with Gasteiger partial charge in [0.2, 0.25) is 0 Å². The van der Waals surface area contributed by atoms with Crippen molar-refractivity contribution >= 4 is 29.0 Å². The second-order valence-electron chi connectivity index (χ2n) is 5.13. The number of thiocarbonyl (C=S) groups is 1. The SMILES string of the molecule is C=CCOC(=O)C(Cc1ccccc1)NC(=S)Nc1ccccc1. The van der Waals surface area contributed by atoms with Gasteiger partial charge >= 0.3 is 5.97 Å². The van der Waals surface area contributed by atoms with Crippen LogP contribution in [0.25, 0.3) is 0 Å². The summed E-state index contributed by atoms with van der Waals surface area (Å²) < 4.78 is 5.17. The number of rotatable bonds is 7. The van der Waals surface area contributed by atoms with Gasteiger partial charge in [0.25, 0.3) is 0 Å². The van der Waals surface area contributed by atoms with Crippen LogP contribution in [0.2, 0.25) is 0 Å². The lowest BCUT2D eigenvalue weighted by atomic mass is 10.1. The molecule has 0 radical (unpaired) electrons. The van der Waals surface area contributed by atoms with Crippen molar-refractivity contribution in [1.82, 2.24) is 5.32 Å². The minimum Gasteiger partial charge on any atom is -0.460 e. The molecule has 1 atom stereocenters. The molecule has 5 heteroatoms. The van der Waals surface area contributed by atoms with Crippen molar-refractivity contribution in [2.75, 3.05) is 11.9 Å². The number of hydrogen-bond acceptors (Lipinski definition) is 3. The van der Waals surface area contributed by atoms with Gasteiger partial charge in [-0.05, 0) is 29.9 Å². The van der Waals surface area contributed by atoms with Crippen molar-refractivity contribution in [1.29, 1.82) is 0 Å². The first kappa shape index (κ1) is 17.7. The average Bonchev–Trinajstić information content (AvgIpc) is 2.61.